The Bertz CT molecular complexity index is 409. The summed E-state index contributed by atoms with van der Waals surface area (Å²) in [6.07, 6.45) is -3.71. The highest BCUT2D eigenvalue weighted by molar-refractivity contribution is 9.10. The molecular weight excluding hydrogens is 320 g/mol. The normalized spacial score (nSPS) is 12.4. The molecule has 1 aromatic rings. The Morgan fingerprint density at radius 1 is 1.39 bits per heavy atom. The van der Waals surface area contributed by atoms with Gasteiger partial charge >= 0.3 is 12.3 Å². The SMILES string of the molecule is Cc1nn(CCOCC(F)(F)C(F)F)c(C)c1Br. The first-order valence-corrected chi connectivity index (χ1v) is 5.98. The van der Waals surface area contributed by atoms with Crippen LogP contribution in [0.2, 0.25) is 0 Å². The maximum absolute atomic E-state index is 12.5. The summed E-state index contributed by atoms with van der Waals surface area (Å²) in [5.74, 6) is -4.10. The number of aryl methyl sites for hydroxylation is 1. The van der Waals surface area contributed by atoms with Crippen molar-refractivity contribution in [3.8, 4) is 0 Å². The minimum atomic E-state index is -4.10. The standard InChI is InChI=1S/C10H13BrF4N2O/c1-6-8(11)7(2)17(16-6)3-4-18-5-10(14,15)9(12)13/h9H,3-5H2,1-2H3. The quantitative estimate of drug-likeness (QED) is 0.591. The molecule has 0 saturated carbocycles. The lowest BCUT2D eigenvalue weighted by Crippen LogP contribution is -2.32. The monoisotopic (exact) mass is 332 g/mol. The molecule has 0 atom stereocenters. The average molecular weight is 333 g/mol. The van der Waals surface area contributed by atoms with Gasteiger partial charge in [0.1, 0.15) is 6.61 Å². The molecule has 0 saturated heterocycles. The van der Waals surface area contributed by atoms with Gasteiger partial charge in [-0.1, -0.05) is 0 Å². The Hall–Kier alpha value is -0.630. The van der Waals surface area contributed by atoms with E-state index >= 15 is 0 Å². The van der Waals surface area contributed by atoms with Gasteiger partial charge < -0.3 is 4.74 Å². The van der Waals surface area contributed by atoms with Crippen molar-refractivity contribution in [2.45, 2.75) is 32.7 Å². The summed E-state index contributed by atoms with van der Waals surface area (Å²) in [5.41, 5.74) is 1.60. The lowest BCUT2D eigenvalue weighted by molar-refractivity contribution is -0.166. The molecule has 0 aliphatic heterocycles. The Labute approximate surface area is 110 Å². The van der Waals surface area contributed by atoms with Gasteiger partial charge in [0.05, 0.1) is 23.3 Å². The van der Waals surface area contributed by atoms with Crippen LogP contribution in [0, 0.1) is 13.8 Å². The van der Waals surface area contributed by atoms with Crippen molar-refractivity contribution in [2.75, 3.05) is 13.2 Å². The largest absolute Gasteiger partial charge is 0.373 e. The number of halogens is 5. The van der Waals surface area contributed by atoms with Gasteiger partial charge in [0, 0.05) is 5.69 Å². The zero-order valence-corrected chi connectivity index (χ0v) is 11.5. The predicted molar refractivity (Wildman–Crippen MR) is 61.2 cm³/mol. The van der Waals surface area contributed by atoms with E-state index in [-0.39, 0.29) is 13.2 Å². The van der Waals surface area contributed by atoms with Gasteiger partial charge in [-0.2, -0.15) is 13.9 Å². The summed E-state index contributed by atoms with van der Waals surface area (Å²) in [6, 6.07) is 0. The molecule has 3 nitrogen and oxygen atoms in total. The summed E-state index contributed by atoms with van der Waals surface area (Å²) in [5, 5.41) is 4.13. The summed E-state index contributed by atoms with van der Waals surface area (Å²) < 4.78 is 55.7. The smallest absolute Gasteiger partial charge is 0.330 e. The highest BCUT2D eigenvalue weighted by Crippen LogP contribution is 2.23. The lowest BCUT2D eigenvalue weighted by atomic mass is 10.4. The van der Waals surface area contributed by atoms with Crippen molar-refractivity contribution in [3.63, 3.8) is 0 Å². The number of nitrogens with zero attached hydrogens (tertiary/aromatic N) is 2. The number of alkyl halides is 4. The Balaban J connectivity index is 2.41. The van der Waals surface area contributed by atoms with E-state index in [9.17, 15) is 17.6 Å². The van der Waals surface area contributed by atoms with Gasteiger partial charge in [-0.3, -0.25) is 4.68 Å². The van der Waals surface area contributed by atoms with Gasteiger partial charge in [-0.25, -0.2) is 8.78 Å². The third kappa shape index (κ3) is 3.68. The molecule has 104 valence electrons. The fraction of sp³-hybridized carbons (Fsp3) is 0.700. The van der Waals surface area contributed by atoms with E-state index < -0.39 is 19.0 Å². The number of rotatable bonds is 6. The molecule has 0 amide bonds. The molecule has 1 aromatic heterocycles. The van der Waals surface area contributed by atoms with Crippen LogP contribution in [-0.4, -0.2) is 35.3 Å². The second kappa shape index (κ2) is 6.01. The van der Waals surface area contributed by atoms with Crippen molar-refractivity contribution in [2.24, 2.45) is 0 Å². The van der Waals surface area contributed by atoms with Crippen LogP contribution in [0.5, 0.6) is 0 Å². The van der Waals surface area contributed by atoms with Crippen molar-refractivity contribution in [3.05, 3.63) is 15.9 Å². The van der Waals surface area contributed by atoms with Crippen molar-refractivity contribution in [1.82, 2.24) is 9.78 Å². The number of ether oxygens (including phenoxy) is 1. The molecule has 0 spiro atoms. The Kier molecular flexibility index (Phi) is 5.15. The Morgan fingerprint density at radius 2 is 2.00 bits per heavy atom. The summed E-state index contributed by atoms with van der Waals surface area (Å²) >= 11 is 3.32. The third-order valence-corrected chi connectivity index (χ3v) is 3.50. The molecule has 0 aromatic carbocycles. The zero-order chi connectivity index (χ0) is 13.9. The highest BCUT2D eigenvalue weighted by Gasteiger charge is 2.40. The molecule has 0 aliphatic carbocycles. The molecule has 0 aliphatic rings. The fourth-order valence-electron chi connectivity index (χ4n) is 1.32. The molecule has 0 bridgehead atoms. The molecule has 0 fully saturated rings. The topological polar surface area (TPSA) is 27.1 Å². The van der Waals surface area contributed by atoms with Gasteiger partial charge in [0.15, 0.2) is 0 Å². The van der Waals surface area contributed by atoms with Crippen molar-refractivity contribution >= 4 is 15.9 Å². The van der Waals surface area contributed by atoms with Crippen molar-refractivity contribution < 1.29 is 22.3 Å². The van der Waals surface area contributed by atoms with E-state index in [1.165, 1.54) is 0 Å². The van der Waals surface area contributed by atoms with Crippen LogP contribution in [0.1, 0.15) is 11.4 Å². The number of hydrogen-bond acceptors (Lipinski definition) is 2. The van der Waals surface area contributed by atoms with Gasteiger partial charge in [-0.15, -0.1) is 0 Å². The third-order valence-electron chi connectivity index (χ3n) is 2.35. The molecule has 0 N–H and O–H groups in total. The fourth-order valence-corrected chi connectivity index (χ4v) is 1.60. The number of aromatic nitrogens is 2. The van der Waals surface area contributed by atoms with E-state index in [0.29, 0.717) is 0 Å². The molecule has 18 heavy (non-hydrogen) atoms. The predicted octanol–water partition coefficient (Wildman–Crippen LogP) is 3.18. The molecule has 1 rings (SSSR count). The van der Waals surface area contributed by atoms with E-state index in [0.717, 1.165) is 15.9 Å². The molecule has 8 heteroatoms. The second-order valence-electron chi connectivity index (χ2n) is 3.82. The van der Waals surface area contributed by atoms with E-state index in [2.05, 4.69) is 25.8 Å². The van der Waals surface area contributed by atoms with E-state index in [1.807, 2.05) is 0 Å². The van der Waals surface area contributed by atoms with Crippen LogP contribution in [0.4, 0.5) is 17.6 Å². The molecular formula is C10H13BrF4N2O. The first-order valence-electron chi connectivity index (χ1n) is 5.19. The summed E-state index contributed by atoms with van der Waals surface area (Å²) in [7, 11) is 0. The highest BCUT2D eigenvalue weighted by atomic mass is 79.9. The van der Waals surface area contributed by atoms with Crippen LogP contribution >= 0.6 is 15.9 Å². The Morgan fingerprint density at radius 3 is 2.44 bits per heavy atom. The lowest BCUT2D eigenvalue weighted by Gasteiger charge is -2.15. The molecule has 1 heterocycles. The van der Waals surface area contributed by atoms with Crippen LogP contribution in [0.25, 0.3) is 0 Å². The van der Waals surface area contributed by atoms with Crippen molar-refractivity contribution in [1.29, 1.82) is 0 Å². The minimum absolute atomic E-state index is 0.100. The van der Waals surface area contributed by atoms with E-state index in [4.69, 9.17) is 0 Å². The number of hydrogen-bond donors (Lipinski definition) is 0. The molecule has 0 unspecified atom stereocenters. The van der Waals surface area contributed by atoms with Crippen LogP contribution in [0.15, 0.2) is 4.47 Å². The van der Waals surface area contributed by atoms with Gasteiger partial charge in [0.25, 0.3) is 0 Å². The maximum atomic E-state index is 12.5. The van der Waals surface area contributed by atoms with Gasteiger partial charge in [0.2, 0.25) is 0 Å². The first-order chi connectivity index (χ1) is 8.25. The average Bonchev–Trinajstić information content (AvgIpc) is 2.52. The first kappa shape index (κ1) is 15.4. The van der Waals surface area contributed by atoms with Crippen LogP contribution in [0.3, 0.4) is 0 Å². The second-order valence-corrected chi connectivity index (χ2v) is 4.62. The van der Waals surface area contributed by atoms with Crippen LogP contribution < -0.4 is 0 Å². The molecule has 0 radical (unpaired) electrons. The summed E-state index contributed by atoms with van der Waals surface area (Å²) in [6.45, 7) is 2.44. The minimum Gasteiger partial charge on any atom is -0.373 e. The summed E-state index contributed by atoms with van der Waals surface area (Å²) in [4.78, 5) is 0. The van der Waals surface area contributed by atoms with Gasteiger partial charge in [-0.05, 0) is 29.8 Å². The van der Waals surface area contributed by atoms with Crippen LogP contribution in [-0.2, 0) is 11.3 Å². The maximum Gasteiger partial charge on any atom is 0.330 e. The van der Waals surface area contributed by atoms with E-state index in [1.54, 1.807) is 18.5 Å². The zero-order valence-electron chi connectivity index (χ0n) is 9.89.